The smallest absolute Gasteiger partial charge is 0.287 e. The van der Waals surface area contributed by atoms with Gasteiger partial charge in [0.05, 0.1) is 38.6 Å². The minimum Gasteiger partial charge on any atom is -0.455 e. The van der Waals surface area contributed by atoms with Crippen molar-refractivity contribution in [1.29, 1.82) is 0 Å². The topological polar surface area (TPSA) is 75.7 Å². The van der Waals surface area contributed by atoms with E-state index in [1.54, 1.807) is 6.07 Å². The van der Waals surface area contributed by atoms with Crippen LogP contribution < -0.4 is 15.1 Å². The Labute approximate surface area is 171 Å². The Bertz CT molecular complexity index is 796. The number of thioether (sulfide) groups is 1. The van der Waals surface area contributed by atoms with Crippen molar-refractivity contribution in [2.45, 2.75) is 37.1 Å². The summed E-state index contributed by atoms with van der Waals surface area (Å²) in [4.78, 5) is 24.7. The Morgan fingerprint density at radius 2 is 1.96 bits per heavy atom. The molecular formula is C20H32N5O2S+. The Morgan fingerprint density at radius 1 is 1.25 bits per heavy atom. The zero-order chi connectivity index (χ0) is 20.9. The third-order valence-electron chi connectivity index (χ3n) is 4.06. The predicted molar refractivity (Wildman–Crippen MR) is 113 cm³/mol. The fraction of sp³-hybridized carbons (Fsp3) is 0.550. The summed E-state index contributed by atoms with van der Waals surface area (Å²) in [5, 5.41) is 3.57. The first kappa shape index (κ1) is 22.2. The third-order valence-corrected chi connectivity index (χ3v) is 4.93. The molecule has 0 aromatic carbocycles. The number of hydrogen-bond acceptors (Lipinski definition) is 6. The van der Waals surface area contributed by atoms with Crippen LogP contribution in [0.4, 0.5) is 5.82 Å². The molecule has 1 amide bonds. The first-order valence-corrected chi connectivity index (χ1v) is 10.4. The van der Waals surface area contributed by atoms with Gasteiger partial charge in [0.1, 0.15) is 11.6 Å². The van der Waals surface area contributed by atoms with E-state index in [9.17, 15) is 4.79 Å². The normalized spacial score (nSPS) is 11.7. The second-order valence-corrected chi connectivity index (χ2v) is 9.25. The minimum absolute atomic E-state index is 0.0623. The molecule has 2 aromatic rings. The van der Waals surface area contributed by atoms with Crippen LogP contribution in [-0.2, 0) is 11.2 Å². The largest absolute Gasteiger partial charge is 0.455 e. The molecule has 0 fully saturated rings. The summed E-state index contributed by atoms with van der Waals surface area (Å²) >= 11 is 1.50. The van der Waals surface area contributed by atoms with Crippen LogP contribution >= 0.6 is 11.8 Å². The number of likely N-dealkylation sites (N-methyl/N-ethyl adjacent to an activating group) is 1. The average Bonchev–Trinajstić information content (AvgIpc) is 3.07. The molecule has 7 nitrogen and oxygen atoms in total. The molecule has 0 saturated carbocycles. The van der Waals surface area contributed by atoms with E-state index in [1.807, 2.05) is 45.2 Å². The first-order valence-electron chi connectivity index (χ1n) is 9.42. The van der Waals surface area contributed by atoms with E-state index in [4.69, 9.17) is 9.40 Å². The SMILES string of the molecule is CN(C)c1cc(C(C)(C)C)nc(SCc2ccc(C(=O)NCC[NH+](C)C)o2)n1. The van der Waals surface area contributed by atoms with Crippen LogP contribution in [0, 0.1) is 0 Å². The number of quaternary nitrogens is 1. The lowest BCUT2D eigenvalue weighted by atomic mass is 9.92. The highest BCUT2D eigenvalue weighted by atomic mass is 32.2. The van der Waals surface area contributed by atoms with Crippen LogP contribution in [0.25, 0.3) is 0 Å². The van der Waals surface area contributed by atoms with Crippen molar-refractivity contribution in [2.75, 3.05) is 46.2 Å². The third kappa shape index (κ3) is 6.53. The summed E-state index contributed by atoms with van der Waals surface area (Å²) < 4.78 is 5.69. The van der Waals surface area contributed by atoms with Crippen molar-refractivity contribution in [3.8, 4) is 0 Å². The number of aromatic nitrogens is 2. The van der Waals surface area contributed by atoms with Gasteiger partial charge in [-0.15, -0.1) is 0 Å². The molecule has 8 heteroatoms. The van der Waals surface area contributed by atoms with E-state index < -0.39 is 0 Å². The predicted octanol–water partition coefficient (Wildman–Crippen LogP) is 1.60. The molecule has 0 saturated heterocycles. The number of carbonyl (C=O) groups excluding carboxylic acids is 1. The van der Waals surface area contributed by atoms with E-state index in [1.165, 1.54) is 16.7 Å². The van der Waals surface area contributed by atoms with Crippen LogP contribution in [0.2, 0.25) is 0 Å². The zero-order valence-corrected chi connectivity index (χ0v) is 18.7. The molecule has 0 radical (unpaired) electrons. The molecule has 2 aromatic heterocycles. The number of furan rings is 1. The van der Waals surface area contributed by atoms with Gasteiger partial charge < -0.3 is 19.5 Å². The van der Waals surface area contributed by atoms with E-state index in [2.05, 4.69) is 31.1 Å². The summed E-state index contributed by atoms with van der Waals surface area (Å²) in [5.74, 6) is 2.32. The van der Waals surface area contributed by atoms with E-state index >= 15 is 0 Å². The van der Waals surface area contributed by atoms with Gasteiger partial charge in [0, 0.05) is 25.6 Å². The molecule has 28 heavy (non-hydrogen) atoms. The maximum atomic E-state index is 12.1. The fourth-order valence-electron chi connectivity index (χ4n) is 2.32. The molecule has 2 heterocycles. The molecular weight excluding hydrogens is 374 g/mol. The minimum atomic E-state index is -0.182. The highest BCUT2D eigenvalue weighted by Crippen LogP contribution is 2.28. The molecule has 2 N–H and O–H groups in total. The standard InChI is InChI=1S/C20H31N5O2S/c1-20(2,3)16-12-17(25(6)7)23-19(22-16)28-13-14-8-9-15(27-14)18(26)21-10-11-24(4)5/h8-9,12H,10-11,13H2,1-7H3,(H,21,26)/p+1. The van der Waals surface area contributed by atoms with E-state index in [0.717, 1.165) is 23.8 Å². The molecule has 0 aliphatic heterocycles. The van der Waals surface area contributed by atoms with Crippen LogP contribution in [0.3, 0.4) is 0 Å². The monoisotopic (exact) mass is 406 g/mol. The quantitative estimate of drug-likeness (QED) is 0.512. The second-order valence-electron chi connectivity index (χ2n) is 8.31. The van der Waals surface area contributed by atoms with Gasteiger partial charge in [0.25, 0.3) is 5.91 Å². The number of hydrogen-bond donors (Lipinski definition) is 2. The van der Waals surface area contributed by atoms with Gasteiger partial charge in [-0.1, -0.05) is 32.5 Å². The Morgan fingerprint density at radius 3 is 2.57 bits per heavy atom. The van der Waals surface area contributed by atoms with Crippen molar-refractivity contribution in [2.24, 2.45) is 0 Å². The number of anilines is 1. The lowest BCUT2D eigenvalue weighted by molar-refractivity contribution is -0.856. The van der Waals surface area contributed by atoms with Crippen LogP contribution in [-0.4, -0.2) is 57.2 Å². The lowest BCUT2D eigenvalue weighted by Gasteiger charge is -2.21. The van der Waals surface area contributed by atoms with Crippen molar-refractivity contribution in [1.82, 2.24) is 15.3 Å². The van der Waals surface area contributed by atoms with Crippen molar-refractivity contribution in [3.05, 3.63) is 35.4 Å². The van der Waals surface area contributed by atoms with Gasteiger partial charge in [-0.05, 0) is 12.1 Å². The van der Waals surface area contributed by atoms with Crippen LogP contribution in [0.15, 0.2) is 27.8 Å². The maximum absolute atomic E-state index is 12.1. The average molecular weight is 407 g/mol. The molecule has 154 valence electrons. The molecule has 0 aliphatic carbocycles. The molecule has 0 aliphatic rings. The summed E-state index contributed by atoms with van der Waals surface area (Å²) in [5.41, 5.74) is 0.934. The van der Waals surface area contributed by atoms with Gasteiger partial charge in [0.15, 0.2) is 10.9 Å². The van der Waals surface area contributed by atoms with Crippen molar-refractivity contribution < 1.29 is 14.1 Å². The Balaban J connectivity index is 2.03. The van der Waals surface area contributed by atoms with Gasteiger partial charge in [-0.25, -0.2) is 9.97 Å². The summed E-state index contributed by atoms with van der Waals surface area (Å²) in [6.07, 6.45) is 0. The lowest BCUT2D eigenvalue weighted by Crippen LogP contribution is -3.06. The number of rotatable bonds is 8. The number of nitrogens with one attached hydrogen (secondary N) is 2. The molecule has 0 spiro atoms. The maximum Gasteiger partial charge on any atom is 0.287 e. The summed E-state index contributed by atoms with van der Waals surface area (Å²) in [7, 11) is 8.04. The molecule has 0 bridgehead atoms. The van der Waals surface area contributed by atoms with Gasteiger partial charge in [-0.2, -0.15) is 0 Å². The van der Waals surface area contributed by atoms with Gasteiger partial charge >= 0.3 is 0 Å². The number of carbonyl (C=O) groups is 1. The summed E-state index contributed by atoms with van der Waals surface area (Å²) in [6, 6.07) is 5.57. The second kappa shape index (κ2) is 9.43. The molecule has 0 unspecified atom stereocenters. The highest BCUT2D eigenvalue weighted by molar-refractivity contribution is 7.98. The molecule has 2 rings (SSSR count). The van der Waals surface area contributed by atoms with E-state index in [0.29, 0.717) is 23.2 Å². The van der Waals surface area contributed by atoms with E-state index in [-0.39, 0.29) is 11.3 Å². The van der Waals surface area contributed by atoms with Crippen molar-refractivity contribution >= 4 is 23.5 Å². The van der Waals surface area contributed by atoms with Crippen LogP contribution in [0.5, 0.6) is 0 Å². The highest BCUT2D eigenvalue weighted by Gasteiger charge is 2.19. The summed E-state index contributed by atoms with van der Waals surface area (Å²) in [6.45, 7) is 7.90. The molecule has 0 atom stereocenters. The number of amides is 1. The Kier molecular flexibility index (Phi) is 7.48. The van der Waals surface area contributed by atoms with Gasteiger partial charge in [0.2, 0.25) is 0 Å². The Hall–Kier alpha value is -2.06. The van der Waals surface area contributed by atoms with Gasteiger partial charge in [-0.3, -0.25) is 4.79 Å². The first-order chi connectivity index (χ1) is 13.1. The fourth-order valence-corrected chi connectivity index (χ4v) is 3.06. The zero-order valence-electron chi connectivity index (χ0n) is 17.9. The van der Waals surface area contributed by atoms with Crippen molar-refractivity contribution in [3.63, 3.8) is 0 Å². The number of nitrogens with zero attached hydrogens (tertiary/aromatic N) is 3. The van der Waals surface area contributed by atoms with Crippen LogP contribution in [0.1, 0.15) is 42.8 Å².